The number of aromatic nitrogens is 1. The van der Waals surface area contributed by atoms with E-state index in [1.165, 1.54) is 11.3 Å². The number of methoxy groups -OCH3 is 1. The predicted molar refractivity (Wildman–Crippen MR) is 104 cm³/mol. The van der Waals surface area contributed by atoms with Crippen LogP contribution in [0, 0.1) is 6.92 Å². The fourth-order valence-electron chi connectivity index (χ4n) is 3.28. The van der Waals surface area contributed by atoms with Crippen LogP contribution in [0.2, 0.25) is 0 Å². The number of hydrogen-bond acceptors (Lipinski definition) is 5. The first kappa shape index (κ1) is 18.1. The third-order valence-corrected chi connectivity index (χ3v) is 5.99. The monoisotopic (exact) mass is 395 g/mol. The fraction of sp³-hybridized carbons (Fsp3) is 0.200. The van der Waals surface area contributed by atoms with E-state index in [4.69, 9.17) is 4.74 Å². The first-order valence-corrected chi connectivity index (χ1v) is 9.40. The van der Waals surface area contributed by atoms with E-state index >= 15 is 0 Å². The number of thiazole rings is 1. The molecule has 0 radical (unpaired) electrons. The number of ether oxygens (including phenoxy) is 1. The van der Waals surface area contributed by atoms with Crippen molar-refractivity contribution in [3.05, 3.63) is 57.9 Å². The van der Waals surface area contributed by atoms with Gasteiger partial charge in [-0.15, -0.1) is 0 Å². The number of hydrogen-bond donors (Lipinski definition) is 0. The van der Waals surface area contributed by atoms with Crippen molar-refractivity contribution in [2.24, 2.45) is 12.0 Å². The standard InChI is InChI=1S/C20H17N3O4S/c1-11-8-9-14(27-3)16-17(11)28-20(22(16)2)21-15(24)10-23-18(25)12-6-4-5-7-13(12)19(23)26/h4-9H,10H2,1-3H3. The maximum atomic E-state index is 12.5. The van der Waals surface area contributed by atoms with Gasteiger partial charge < -0.3 is 9.30 Å². The number of nitrogens with zero attached hydrogens (tertiary/aromatic N) is 3. The van der Waals surface area contributed by atoms with Gasteiger partial charge in [0.05, 0.1) is 22.9 Å². The quantitative estimate of drug-likeness (QED) is 0.637. The zero-order chi connectivity index (χ0) is 20.0. The van der Waals surface area contributed by atoms with Gasteiger partial charge >= 0.3 is 0 Å². The summed E-state index contributed by atoms with van der Waals surface area (Å²) in [4.78, 5) is 42.9. The van der Waals surface area contributed by atoms with Crippen molar-refractivity contribution in [3.8, 4) is 5.75 Å². The van der Waals surface area contributed by atoms with Gasteiger partial charge in [-0.2, -0.15) is 4.99 Å². The SMILES string of the molecule is COc1ccc(C)c2sc(=NC(=O)CN3C(=O)c4ccccc4C3=O)n(C)c12. The summed E-state index contributed by atoms with van der Waals surface area (Å²) in [5.74, 6) is -0.813. The molecule has 28 heavy (non-hydrogen) atoms. The minimum Gasteiger partial charge on any atom is -0.495 e. The summed E-state index contributed by atoms with van der Waals surface area (Å²) in [5, 5.41) is 0. The maximum Gasteiger partial charge on any atom is 0.268 e. The summed E-state index contributed by atoms with van der Waals surface area (Å²) < 4.78 is 8.17. The van der Waals surface area contributed by atoms with Crippen LogP contribution in [0.4, 0.5) is 0 Å². The van der Waals surface area contributed by atoms with Crippen molar-refractivity contribution < 1.29 is 19.1 Å². The molecule has 0 unspecified atom stereocenters. The van der Waals surface area contributed by atoms with Gasteiger partial charge in [-0.3, -0.25) is 19.3 Å². The van der Waals surface area contributed by atoms with E-state index in [1.54, 1.807) is 43.0 Å². The van der Waals surface area contributed by atoms with Gasteiger partial charge in [0.25, 0.3) is 17.7 Å². The summed E-state index contributed by atoms with van der Waals surface area (Å²) in [6, 6.07) is 10.4. The Hall–Kier alpha value is -3.26. The molecular formula is C20H17N3O4S. The minimum absolute atomic E-state index is 0.313. The highest BCUT2D eigenvalue weighted by Crippen LogP contribution is 2.29. The molecule has 1 aliphatic rings. The van der Waals surface area contributed by atoms with E-state index in [9.17, 15) is 14.4 Å². The van der Waals surface area contributed by atoms with Crippen LogP contribution in [0.3, 0.4) is 0 Å². The lowest BCUT2D eigenvalue weighted by Crippen LogP contribution is -2.35. The molecule has 2 heterocycles. The topological polar surface area (TPSA) is 81.0 Å². The molecule has 0 aliphatic carbocycles. The zero-order valence-corrected chi connectivity index (χ0v) is 16.4. The molecule has 1 aliphatic heterocycles. The van der Waals surface area contributed by atoms with E-state index in [0.29, 0.717) is 21.7 Å². The number of carbonyl (C=O) groups is 3. The predicted octanol–water partition coefficient (Wildman–Crippen LogP) is 2.28. The Balaban J connectivity index is 1.69. The van der Waals surface area contributed by atoms with Crippen molar-refractivity contribution in [2.45, 2.75) is 6.92 Å². The smallest absolute Gasteiger partial charge is 0.268 e. The zero-order valence-electron chi connectivity index (χ0n) is 15.6. The van der Waals surface area contributed by atoms with Crippen LogP contribution in [0.1, 0.15) is 26.3 Å². The Morgan fingerprint density at radius 1 is 1.11 bits per heavy atom. The molecule has 0 bridgehead atoms. The van der Waals surface area contributed by atoms with Crippen LogP contribution in [-0.4, -0.2) is 40.8 Å². The molecule has 142 valence electrons. The second-order valence-corrected chi connectivity index (χ2v) is 7.43. The lowest BCUT2D eigenvalue weighted by molar-refractivity contribution is -0.118. The Kier molecular flexibility index (Phi) is 4.35. The molecule has 8 heteroatoms. The van der Waals surface area contributed by atoms with E-state index in [0.717, 1.165) is 20.7 Å². The van der Waals surface area contributed by atoms with E-state index in [1.807, 2.05) is 19.1 Å². The molecule has 3 aromatic rings. The van der Waals surface area contributed by atoms with E-state index in [2.05, 4.69) is 4.99 Å². The lowest BCUT2D eigenvalue weighted by Gasteiger charge is -2.10. The van der Waals surface area contributed by atoms with Crippen LogP contribution in [0.15, 0.2) is 41.4 Å². The summed E-state index contributed by atoms with van der Waals surface area (Å²) in [6.07, 6.45) is 0. The minimum atomic E-state index is -0.562. The van der Waals surface area contributed by atoms with Gasteiger partial charge in [0.2, 0.25) is 0 Å². The van der Waals surface area contributed by atoms with Gasteiger partial charge in [-0.05, 0) is 30.7 Å². The molecule has 0 N–H and O–H groups in total. The first-order chi connectivity index (χ1) is 13.4. The van der Waals surface area contributed by atoms with Crippen LogP contribution in [0.5, 0.6) is 5.75 Å². The Morgan fingerprint density at radius 2 is 1.75 bits per heavy atom. The third-order valence-electron chi connectivity index (χ3n) is 4.72. The second-order valence-electron chi connectivity index (χ2n) is 6.45. The average molecular weight is 395 g/mol. The summed E-state index contributed by atoms with van der Waals surface area (Å²) >= 11 is 1.36. The van der Waals surface area contributed by atoms with Gasteiger partial charge in [-0.25, -0.2) is 0 Å². The highest BCUT2D eigenvalue weighted by molar-refractivity contribution is 7.16. The van der Waals surface area contributed by atoms with Crippen LogP contribution >= 0.6 is 11.3 Å². The Labute approximate surface area is 164 Å². The number of aryl methyl sites for hydroxylation is 2. The number of benzene rings is 2. The summed E-state index contributed by atoms with van der Waals surface area (Å²) in [6.45, 7) is 1.58. The molecule has 0 saturated carbocycles. The molecular weight excluding hydrogens is 378 g/mol. The number of amides is 3. The van der Waals surface area contributed by atoms with Crippen molar-refractivity contribution in [1.82, 2.24) is 9.47 Å². The van der Waals surface area contributed by atoms with E-state index in [-0.39, 0.29) is 0 Å². The molecule has 3 amide bonds. The molecule has 1 aromatic heterocycles. The van der Waals surface area contributed by atoms with Gasteiger partial charge in [0, 0.05) is 7.05 Å². The van der Waals surface area contributed by atoms with Gasteiger partial charge in [0.1, 0.15) is 17.8 Å². The van der Waals surface area contributed by atoms with Crippen LogP contribution in [0.25, 0.3) is 10.2 Å². The second kappa shape index (κ2) is 6.72. The molecule has 0 atom stereocenters. The Morgan fingerprint density at radius 3 is 2.36 bits per heavy atom. The van der Waals surface area contributed by atoms with Gasteiger partial charge in [0.15, 0.2) is 4.80 Å². The van der Waals surface area contributed by atoms with Crippen molar-refractivity contribution in [3.63, 3.8) is 0 Å². The third kappa shape index (κ3) is 2.73. The largest absolute Gasteiger partial charge is 0.495 e. The number of carbonyl (C=O) groups excluding carboxylic acids is 3. The van der Waals surface area contributed by atoms with Gasteiger partial charge in [-0.1, -0.05) is 29.5 Å². The molecule has 0 spiro atoms. The van der Waals surface area contributed by atoms with Crippen molar-refractivity contribution in [1.29, 1.82) is 0 Å². The van der Waals surface area contributed by atoms with E-state index < -0.39 is 24.3 Å². The molecule has 7 nitrogen and oxygen atoms in total. The highest BCUT2D eigenvalue weighted by atomic mass is 32.1. The summed E-state index contributed by atoms with van der Waals surface area (Å²) in [7, 11) is 3.39. The first-order valence-electron chi connectivity index (χ1n) is 8.58. The molecule has 2 aromatic carbocycles. The lowest BCUT2D eigenvalue weighted by atomic mass is 10.1. The normalized spacial score (nSPS) is 14.1. The Bertz CT molecular complexity index is 1190. The number of fused-ring (bicyclic) bond motifs is 2. The average Bonchev–Trinajstić information content (AvgIpc) is 3.14. The number of imide groups is 1. The van der Waals surface area contributed by atoms with Crippen LogP contribution in [-0.2, 0) is 11.8 Å². The maximum absolute atomic E-state index is 12.5. The molecule has 0 fully saturated rings. The number of rotatable bonds is 3. The van der Waals surface area contributed by atoms with Crippen molar-refractivity contribution in [2.75, 3.05) is 13.7 Å². The summed E-state index contributed by atoms with van der Waals surface area (Å²) in [5.41, 5.74) is 2.52. The van der Waals surface area contributed by atoms with Crippen molar-refractivity contribution >= 4 is 39.3 Å². The highest BCUT2D eigenvalue weighted by Gasteiger charge is 2.36. The fourth-order valence-corrected chi connectivity index (χ4v) is 4.40. The molecule has 4 rings (SSSR count). The van der Waals surface area contributed by atoms with Crippen LogP contribution < -0.4 is 9.54 Å². The molecule has 0 saturated heterocycles.